The summed E-state index contributed by atoms with van der Waals surface area (Å²) in [7, 11) is 0. The van der Waals surface area contributed by atoms with Crippen LogP contribution < -0.4 is 0 Å². The number of rotatable bonds is 3. The molecule has 0 saturated carbocycles. The molecule has 0 N–H and O–H groups in total. The number of nitrogens with zero attached hydrogens (tertiary/aromatic N) is 1. The van der Waals surface area contributed by atoms with E-state index in [-0.39, 0.29) is 5.78 Å². The second-order valence-electron chi connectivity index (χ2n) is 5.77. The number of hydrogen-bond donors (Lipinski definition) is 0. The van der Waals surface area contributed by atoms with E-state index in [0.717, 1.165) is 25.6 Å². The Kier molecular flexibility index (Phi) is 4.32. The zero-order valence-corrected chi connectivity index (χ0v) is 15.5. The fraction of sp³-hybridized carbons (Fsp3) is 0. The second kappa shape index (κ2) is 6.76. The Morgan fingerprint density at radius 2 is 1.48 bits per heavy atom. The van der Waals surface area contributed by atoms with Gasteiger partial charge in [0.15, 0.2) is 5.78 Å². The quantitative estimate of drug-likeness (QED) is 0.304. The lowest BCUT2D eigenvalue weighted by atomic mass is 9.92. The highest BCUT2D eigenvalue weighted by Gasteiger charge is 2.18. The van der Waals surface area contributed by atoms with Crippen LogP contribution in [0.4, 0.5) is 0 Å². The van der Waals surface area contributed by atoms with Crippen LogP contribution in [0.15, 0.2) is 85.1 Å². The van der Waals surface area contributed by atoms with Gasteiger partial charge in [-0.3, -0.25) is 9.78 Å². The van der Waals surface area contributed by atoms with Crippen molar-refractivity contribution in [3.05, 3.63) is 99.8 Å². The van der Waals surface area contributed by atoms with Gasteiger partial charge in [-0.1, -0.05) is 48.5 Å². The first-order chi connectivity index (χ1) is 12.2. The van der Waals surface area contributed by atoms with Crippen molar-refractivity contribution in [2.75, 3.05) is 0 Å². The molecule has 0 unspecified atom stereocenters. The summed E-state index contributed by atoms with van der Waals surface area (Å²) in [6, 6.07) is 25.6. The first kappa shape index (κ1) is 16.0. The molecule has 0 radical (unpaired) electrons. The first-order valence-corrected chi connectivity index (χ1v) is 9.05. The lowest BCUT2D eigenvalue weighted by Crippen LogP contribution is -2.05. The molecule has 0 spiro atoms. The Morgan fingerprint density at radius 1 is 0.800 bits per heavy atom. The van der Waals surface area contributed by atoms with Crippen molar-refractivity contribution < 1.29 is 4.79 Å². The number of para-hydroxylation sites is 1. The predicted molar refractivity (Wildman–Crippen MR) is 110 cm³/mol. The topological polar surface area (TPSA) is 30.0 Å². The van der Waals surface area contributed by atoms with Crippen molar-refractivity contribution in [3.63, 3.8) is 0 Å². The molecular weight excluding hydrogens is 421 g/mol. The molecule has 0 aliphatic carbocycles. The van der Waals surface area contributed by atoms with Crippen LogP contribution in [-0.4, -0.2) is 10.8 Å². The molecule has 0 aliphatic rings. The number of carbonyl (C=O) groups is 1. The third kappa shape index (κ3) is 3.07. The van der Waals surface area contributed by atoms with E-state index in [1.54, 1.807) is 6.20 Å². The Labute approximate surface area is 159 Å². The van der Waals surface area contributed by atoms with Gasteiger partial charge in [-0.25, -0.2) is 0 Å². The Bertz CT molecular complexity index is 1060. The van der Waals surface area contributed by atoms with Gasteiger partial charge in [0.05, 0.1) is 5.52 Å². The molecule has 0 saturated heterocycles. The third-order valence-electron chi connectivity index (χ3n) is 4.19. The fourth-order valence-corrected chi connectivity index (χ4v) is 3.35. The maximum atomic E-state index is 13.2. The second-order valence-corrected chi connectivity index (χ2v) is 7.01. The van der Waals surface area contributed by atoms with Crippen LogP contribution in [0.1, 0.15) is 15.9 Å². The summed E-state index contributed by atoms with van der Waals surface area (Å²) in [5.41, 5.74) is 4.16. The van der Waals surface area contributed by atoms with E-state index in [2.05, 4.69) is 27.6 Å². The zero-order chi connectivity index (χ0) is 17.2. The van der Waals surface area contributed by atoms with Gasteiger partial charge in [0.1, 0.15) is 0 Å². The summed E-state index contributed by atoms with van der Waals surface area (Å²) in [5.74, 6) is -0.00601. The lowest BCUT2D eigenvalue weighted by Gasteiger charge is -2.12. The van der Waals surface area contributed by atoms with Crippen molar-refractivity contribution in [3.8, 4) is 11.1 Å². The summed E-state index contributed by atoms with van der Waals surface area (Å²) in [6.45, 7) is 0. The van der Waals surface area contributed by atoms with Gasteiger partial charge < -0.3 is 0 Å². The maximum absolute atomic E-state index is 13.2. The predicted octanol–water partition coefficient (Wildman–Crippen LogP) is 5.74. The number of fused-ring (bicyclic) bond motifs is 1. The summed E-state index contributed by atoms with van der Waals surface area (Å²) in [5, 5.41) is 0.991. The van der Waals surface area contributed by atoms with Crippen molar-refractivity contribution >= 4 is 39.3 Å². The van der Waals surface area contributed by atoms with Gasteiger partial charge in [0, 0.05) is 31.8 Å². The Hall–Kier alpha value is -2.53. The molecule has 1 heterocycles. The highest BCUT2D eigenvalue weighted by Crippen LogP contribution is 2.32. The molecule has 0 amide bonds. The summed E-state index contributed by atoms with van der Waals surface area (Å²) < 4.78 is 1.11. The number of aromatic nitrogens is 1. The monoisotopic (exact) mass is 435 g/mol. The number of benzene rings is 3. The minimum atomic E-state index is -0.00601. The molecule has 0 fully saturated rings. The number of halogens is 1. The van der Waals surface area contributed by atoms with Crippen molar-refractivity contribution in [2.45, 2.75) is 0 Å². The van der Waals surface area contributed by atoms with Crippen LogP contribution in [0, 0.1) is 3.57 Å². The summed E-state index contributed by atoms with van der Waals surface area (Å²) >= 11 is 2.24. The van der Waals surface area contributed by atoms with Gasteiger partial charge in [-0.2, -0.15) is 0 Å². The van der Waals surface area contributed by atoms with Crippen molar-refractivity contribution in [2.24, 2.45) is 0 Å². The van der Waals surface area contributed by atoms with Crippen LogP contribution in [0.3, 0.4) is 0 Å². The van der Waals surface area contributed by atoms with E-state index in [1.807, 2.05) is 78.9 Å². The minimum Gasteiger partial charge on any atom is -0.289 e. The summed E-state index contributed by atoms with van der Waals surface area (Å²) in [4.78, 5) is 17.7. The molecule has 2 nitrogen and oxygen atoms in total. The van der Waals surface area contributed by atoms with Gasteiger partial charge in [0.25, 0.3) is 0 Å². The lowest BCUT2D eigenvalue weighted by molar-refractivity contribution is 0.103. The van der Waals surface area contributed by atoms with Crippen LogP contribution in [0.2, 0.25) is 0 Å². The smallest absolute Gasteiger partial charge is 0.195 e. The van der Waals surface area contributed by atoms with E-state index in [1.165, 1.54) is 0 Å². The minimum absolute atomic E-state index is 0.00601. The number of pyridine rings is 1. The van der Waals surface area contributed by atoms with Crippen molar-refractivity contribution in [1.82, 2.24) is 4.98 Å². The molecule has 25 heavy (non-hydrogen) atoms. The van der Waals surface area contributed by atoms with Crippen LogP contribution in [-0.2, 0) is 0 Å². The van der Waals surface area contributed by atoms with Crippen molar-refractivity contribution in [1.29, 1.82) is 0 Å². The van der Waals surface area contributed by atoms with E-state index in [9.17, 15) is 4.79 Å². The fourth-order valence-electron chi connectivity index (χ4n) is 2.99. The van der Waals surface area contributed by atoms with Gasteiger partial charge in [-0.05, 0) is 58.5 Å². The molecule has 4 aromatic rings. The SMILES string of the molecule is O=C(c1ccc(I)cc1)c1cnc2ccccc2c1-c1ccccc1. The summed E-state index contributed by atoms with van der Waals surface area (Å²) in [6.07, 6.45) is 1.70. The van der Waals surface area contributed by atoms with Crippen LogP contribution in [0.5, 0.6) is 0 Å². The van der Waals surface area contributed by atoms with E-state index >= 15 is 0 Å². The van der Waals surface area contributed by atoms with Gasteiger partial charge >= 0.3 is 0 Å². The number of hydrogen-bond acceptors (Lipinski definition) is 2. The molecule has 0 aliphatic heterocycles. The molecular formula is C22H14INO. The molecule has 4 rings (SSSR count). The Balaban J connectivity index is 1.97. The highest BCUT2D eigenvalue weighted by molar-refractivity contribution is 14.1. The number of ketones is 1. The Morgan fingerprint density at radius 3 is 2.24 bits per heavy atom. The third-order valence-corrected chi connectivity index (χ3v) is 4.91. The molecule has 3 heteroatoms. The van der Waals surface area contributed by atoms with E-state index in [0.29, 0.717) is 11.1 Å². The maximum Gasteiger partial charge on any atom is 0.195 e. The average Bonchev–Trinajstić information content (AvgIpc) is 2.68. The van der Waals surface area contributed by atoms with E-state index in [4.69, 9.17) is 0 Å². The molecule has 0 bridgehead atoms. The normalized spacial score (nSPS) is 10.8. The first-order valence-electron chi connectivity index (χ1n) is 7.97. The van der Waals surface area contributed by atoms with E-state index < -0.39 is 0 Å². The van der Waals surface area contributed by atoms with Crippen LogP contribution in [0.25, 0.3) is 22.0 Å². The van der Waals surface area contributed by atoms with Gasteiger partial charge in [0.2, 0.25) is 0 Å². The average molecular weight is 435 g/mol. The molecule has 0 atom stereocenters. The standard InChI is InChI=1S/C22H14INO/c23-17-12-10-16(11-13-17)22(25)19-14-24-20-9-5-4-8-18(20)21(19)15-6-2-1-3-7-15/h1-14H. The van der Waals surface area contributed by atoms with Crippen LogP contribution >= 0.6 is 22.6 Å². The molecule has 120 valence electrons. The number of carbonyl (C=O) groups excluding carboxylic acids is 1. The molecule has 3 aromatic carbocycles. The molecule has 1 aromatic heterocycles. The highest BCUT2D eigenvalue weighted by atomic mass is 127. The van der Waals surface area contributed by atoms with Gasteiger partial charge in [-0.15, -0.1) is 0 Å². The zero-order valence-electron chi connectivity index (χ0n) is 13.3. The largest absolute Gasteiger partial charge is 0.289 e.